The number of rotatable bonds is 5. The Hall–Kier alpha value is -2.36. The van der Waals surface area contributed by atoms with Gasteiger partial charge in [0.2, 0.25) is 10.0 Å². The number of piperidine rings is 1. The zero-order valence-corrected chi connectivity index (χ0v) is 19.8. The first-order valence-corrected chi connectivity index (χ1v) is 12.7. The van der Waals surface area contributed by atoms with Gasteiger partial charge in [0.1, 0.15) is 17.5 Å². The Morgan fingerprint density at radius 2 is 1.73 bits per heavy atom. The zero-order valence-electron chi connectivity index (χ0n) is 18.9. The topological polar surface area (TPSA) is 73.8 Å². The third-order valence-electron chi connectivity index (χ3n) is 6.44. The Kier molecular flexibility index (Phi) is 6.83. The molecule has 2 aromatic rings. The van der Waals surface area contributed by atoms with Crippen LogP contribution in [0.3, 0.4) is 0 Å². The van der Waals surface area contributed by atoms with Crippen molar-refractivity contribution in [1.29, 1.82) is 0 Å². The maximum absolute atomic E-state index is 13.5. The molecule has 1 fully saturated rings. The second kappa shape index (κ2) is 9.48. The van der Waals surface area contributed by atoms with Crippen LogP contribution in [0.5, 0.6) is 0 Å². The lowest BCUT2D eigenvalue weighted by atomic mass is 9.85. The van der Waals surface area contributed by atoms with E-state index in [0.717, 1.165) is 17.5 Å². The van der Waals surface area contributed by atoms with Crippen LogP contribution in [0.1, 0.15) is 43.7 Å². The highest BCUT2D eigenvalue weighted by atomic mass is 32.2. The van der Waals surface area contributed by atoms with Gasteiger partial charge in [-0.15, -0.1) is 0 Å². The van der Waals surface area contributed by atoms with Crippen molar-refractivity contribution in [3.05, 3.63) is 65.2 Å². The zero-order chi connectivity index (χ0) is 23.6. The summed E-state index contributed by atoms with van der Waals surface area (Å²) >= 11 is 0. The SMILES string of the molecule is CC(C)c1ccc(S(=O)(=O)N2CCC3(CC2)NCCN=C3NCc2cc(F)cc(F)c2)cc1. The normalized spacial score (nSPS) is 19.0. The molecular formula is C24H30F2N4O2S. The summed E-state index contributed by atoms with van der Waals surface area (Å²) in [5.74, 6) is -0.185. The van der Waals surface area contributed by atoms with Crippen LogP contribution in [-0.2, 0) is 16.6 Å². The largest absolute Gasteiger partial charge is 0.368 e. The van der Waals surface area contributed by atoms with E-state index in [1.54, 1.807) is 12.1 Å². The Bertz CT molecular complexity index is 1110. The molecule has 0 radical (unpaired) electrons. The molecule has 0 unspecified atom stereocenters. The molecule has 2 aromatic carbocycles. The van der Waals surface area contributed by atoms with Crippen LogP contribution in [0.2, 0.25) is 0 Å². The molecule has 2 N–H and O–H groups in total. The van der Waals surface area contributed by atoms with E-state index in [-0.39, 0.29) is 6.54 Å². The summed E-state index contributed by atoms with van der Waals surface area (Å²) in [6.45, 7) is 6.38. The van der Waals surface area contributed by atoms with E-state index in [2.05, 4.69) is 29.5 Å². The van der Waals surface area contributed by atoms with Gasteiger partial charge in [-0.1, -0.05) is 26.0 Å². The van der Waals surface area contributed by atoms with Gasteiger partial charge in [-0.3, -0.25) is 4.99 Å². The minimum absolute atomic E-state index is 0.237. The van der Waals surface area contributed by atoms with Crippen molar-refractivity contribution in [2.24, 2.45) is 4.99 Å². The predicted molar refractivity (Wildman–Crippen MR) is 125 cm³/mol. The lowest BCUT2D eigenvalue weighted by molar-refractivity contribution is 0.241. The molecule has 9 heteroatoms. The first-order valence-electron chi connectivity index (χ1n) is 11.3. The fourth-order valence-corrected chi connectivity index (χ4v) is 5.96. The van der Waals surface area contributed by atoms with Gasteiger partial charge in [0.25, 0.3) is 0 Å². The second-order valence-electron chi connectivity index (χ2n) is 9.00. The van der Waals surface area contributed by atoms with Crippen LogP contribution in [0, 0.1) is 11.6 Å². The number of halogens is 2. The number of hydrogen-bond acceptors (Lipinski definition) is 5. The van der Waals surface area contributed by atoms with Gasteiger partial charge in [0.15, 0.2) is 0 Å². The van der Waals surface area contributed by atoms with E-state index < -0.39 is 27.2 Å². The van der Waals surface area contributed by atoms with Crippen LogP contribution < -0.4 is 10.6 Å². The van der Waals surface area contributed by atoms with E-state index in [0.29, 0.717) is 55.4 Å². The highest BCUT2D eigenvalue weighted by molar-refractivity contribution is 7.89. The molecule has 2 aliphatic rings. The molecular weight excluding hydrogens is 446 g/mol. The van der Waals surface area contributed by atoms with E-state index in [9.17, 15) is 17.2 Å². The minimum atomic E-state index is -3.58. The average molecular weight is 477 g/mol. The van der Waals surface area contributed by atoms with E-state index >= 15 is 0 Å². The van der Waals surface area contributed by atoms with E-state index in [1.165, 1.54) is 16.4 Å². The van der Waals surface area contributed by atoms with Gasteiger partial charge in [-0.05, 0) is 54.2 Å². The molecule has 0 amide bonds. The van der Waals surface area contributed by atoms with Crippen LogP contribution >= 0.6 is 0 Å². The number of sulfonamides is 1. The fourth-order valence-electron chi connectivity index (χ4n) is 4.52. The molecule has 0 aromatic heterocycles. The third-order valence-corrected chi connectivity index (χ3v) is 8.35. The summed E-state index contributed by atoms with van der Waals surface area (Å²) in [5.41, 5.74) is 1.11. The van der Waals surface area contributed by atoms with Crippen molar-refractivity contribution in [1.82, 2.24) is 14.9 Å². The van der Waals surface area contributed by atoms with Crippen LogP contribution in [-0.4, -0.2) is 50.3 Å². The molecule has 0 saturated carbocycles. The lowest BCUT2D eigenvalue weighted by Crippen LogP contribution is -2.64. The van der Waals surface area contributed by atoms with Crippen molar-refractivity contribution in [2.45, 2.75) is 49.6 Å². The molecule has 33 heavy (non-hydrogen) atoms. The average Bonchev–Trinajstić information content (AvgIpc) is 2.78. The highest BCUT2D eigenvalue weighted by Crippen LogP contribution is 2.29. The minimum Gasteiger partial charge on any atom is -0.368 e. The van der Waals surface area contributed by atoms with Crippen LogP contribution in [0.15, 0.2) is 52.4 Å². The third kappa shape index (κ3) is 5.10. The summed E-state index contributed by atoms with van der Waals surface area (Å²) in [6, 6.07) is 10.5. The number of hydrogen-bond donors (Lipinski definition) is 2. The Morgan fingerprint density at radius 3 is 2.33 bits per heavy atom. The van der Waals surface area contributed by atoms with Crippen molar-refractivity contribution in [2.75, 3.05) is 26.2 Å². The van der Waals surface area contributed by atoms with Crippen LogP contribution in [0.4, 0.5) is 8.78 Å². The Balaban J connectivity index is 1.45. The van der Waals surface area contributed by atoms with Gasteiger partial charge < -0.3 is 10.6 Å². The molecule has 0 bridgehead atoms. The number of benzene rings is 2. The van der Waals surface area contributed by atoms with E-state index in [4.69, 9.17) is 0 Å². The van der Waals surface area contributed by atoms with Crippen molar-refractivity contribution in [3.8, 4) is 0 Å². The molecule has 4 rings (SSSR count). The van der Waals surface area contributed by atoms with Crippen molar-refractivity contribution < 1.29 is 17.2 Å². The summed E-state index contributed by atoms with van der Waals surface area (Å²) in [5, 5.41) is 6.75. The number of nitrogens with one attached hydrogen (secondary N) is 2. The molecule has 6 nitrogen and oxygen atoms in total. The summed E-state index contributed by atoms with van der Waals surface area (Å²) < 4.78 is 54.9. The summed E-state index contributed by atoms with van der Waals surface area (Å²) in [4.78, 5) is 4.93. The molecule has 0 atom stereocenters. The van der Waals surface area contributed by atoms with Gasteiger partial charge >= 0.3 is 0 Å². The smallest absolute Gasteiger partial charge is 0.243 e. The molecule has 178 valence electrons. The molecule has 2 heterocycles. The Morgan fingerprint density at radius 1 is 1.09 bits per heavy atom. The predicted octanol–water partition coefficient (Wildman–Crippen LogP) is 3.40. The molecule has 2 aliphatic heterocycles. The highest BCUT2D eigenvalue weighted by Gasteiger charge is 2.43. The molecule has 0 aliphatic carbocycles. The van der Waals surface area contributed by atoms with Gasteiger partial charge in [-0.25, -0.2) is 17.2 Å². The van der Waals surface area contributed by atoms with Gasteiger partial charge in [0, 0.05) is 32.2 Å². The van der Waals surface area contributed by atoms with Gasteiger partial charge in [-0.2, -0.15) is 4.31 Å². The summed E-state index contributed by atoms with van der Waals surface area (Å²) in [7, 11) is -3.58. The van der Waals surface area contributed by atoms with Crippen molar-refractivity contribution in [3.63, 3.8) is 0 Å². The first-order chi connectivity index (χ1) is 15.7. The fraction of sp³-hybridized carbons (Fsp3) is 0.458. The second-order valence-corrected chi connectivity index (χ2v) is 10.9. The maximum atomic E-state index is 13.5. The Labute approximate surface area is 194 Å². The number of aliphatic imine (C=N–C) groups is 1. The summed E-state index contributed by atoms with van der Waals surface area (Å²) in [6.07, 6.45) is 1.11. The molecule has 1 spiro atoms. The first kappa shape index (κ1) is 23.8. The standard InChI is InChI=1S/C24H30F2N4O2S/c1-17(2)19-3-5-22(6-4-19)33(31,32)30-11-7-24(8-12-30)23(27-9-10-29-24)28-16-18-13-20(25)15-21(26)14-18/h3-6,13-15,17,29H,7-12,16H2,1-2H3,(H,27,28). The van der Waals surface area contributed by atoms with Crippen molar-refractivity contribution >= 4 is 15.9 Å². The number of nitrogens with zero attached hydrogens (tertiary/aromatic N) is 2. The quantitative estimate of drug-likeness (QED) is 0.694. The van der Waals surface area contributed by atoms with Gasteiger partial charge in [0.05, 0.1) is 17.0 Å². The number of amidine groups is 1. The van der Waals surface area contributed by atoms with E-state index in [1.807, 2.05) is 12.1 Å². The maximum Gasteiger partial charge on any atom is 0.243 e. The molecule has 1 saturated heterocycles. The monoisotopic (exact) mass is 476 g/mol. The van der Waals surface area contributed by atoms with Crippen LogP contribution in [0.25, 0.3) is 0 Å². The lowest BCUT2D eigenvalue weighted by Gasteiger charge is -2.44.